The largest absolute Gasteiger partial charge is 0.495 e. The molecule has 1 amide bonds. The van der Waals surface area contributed by atoms with E-state index in [2.05, 4.69) is 5.32 Å². The van der Waals surface area contributed by atoms with E-state index in [0.29, 0.717) is 11.4 Å². The molecule has 0 unspecified atom stereocenters. The van der Waals surface area contributed by atoms with Gasteiger partial charge in [0, 0.05) is 0 Å². The molecule has 0 saturated heterocycles. The van der Waals surface area contributed by atoms with Crippen LogP contribution in [-0.4, -0.2) is 19.1 Å². The van der Waals surface area contributed by atoms with Gasteiger partial charge in [-0.25, -0.2) is 0 Å². The zero-order chi connectivity index (χ0) is 15.2. The Morgan fingerprint density at radius 2 is 2.00 bits per heavy atom. The molecule has 0 bridgehead atoms. The number of anilines is 1. The van der Waals surface area contributed by atoms with Gasteiger partial charge in [0.25, 0.3) is 5.91 Å². The smallest absolute Gasteiger partial charge is 0.282 e. The Kier molecular flexibility index (Phi) is 5.00. The number of hydrogen-bond acceptors (Lipinski definition) is 3. The fourth-order valence-electron chi connectivity index (χ4n) is 2.16. The minimum atomic E-state index is -0.241. The Hall–Kier alpha value is -2.27. The number of ether oxygens (including phenoxy) is 1. The third-order valence-electron chi connectivity index (χ3n) is 3.35. The molecule has 2 aromatic rings. The van der Waals surface area contributed by atoms with Crippen molar-refractivity contribution in [2.24, 2.45) is 0 Å². The molecule has 5 nitrogen and oxygen atoms in total. The second-order valence-electron chi connectivity index (χ2n) is 4.97. The summed E-state index contributed by atoms with van der Waals surface area (Å²) < 4.78 is 10.6. The highest BCUT2D eigenvalue weighted by Crippen LogP contribution is 2.22. The fraction of sp³-hybridized carbons (Fsp3) is 0.312. The van der Waals surface area contributed by atoms with Crippen molar-refractivity contribution in [1.29, 1.82) is 0 Å². The first kappa shape index (κ1) is 15.1. The highest BCUT2D eigenvalue weighted by molar-refractivity contribution is 5.94. The van der Waals surface area contributed by atoms with Crippen molar-refractivity contribution in [3.05, 3.63) is 48.4 Å². The summed E-state index contributed by atoms with van der Waals surface area (Å²) in [5.74, 6) is 1.43. The van der Waals surface area contributed by atoms with Crippen molar-refractivity contribution in [3.63, 3.8) is 0 Å². The maximum atomic E-state index is 12.3. The van der Waals surface area contributed by atoms with E-state index in [1.807, 2.05) is 55.6 Å². The number of quaternary nitrogens is 1. The number of nitrogens with one attached hydrogen (secondary N) is 1. The van der Waals surface area contributed by atoms with E-state index in [-0.39, 0.29) is 18.0 Å². The standard InChI is InChI=1S/C16H20N2O3/c1-11(14-9-6-10-21-14)17-12(2)16(19)18-13-7-4-5-8-15(13)20-3/h4-12,17H,1-3H3,(H,18,19)/p+1/t11-,12-/m1/s1. The lowest BCUT2D eigenvalue weighted by Crippen LogP contribution is -2.91. The van der Waals surface area contributed by atoms with E-state index in [9.17, 15) is 4.79 Å². The van der Waals surface area contributed by atoms with Gasteiger partial charge in [0.05, 0.1) is 19.1 Å². The molecule has 1 aromatic heterocycles. The molecule has 0 aliphatic heterocycles. The van der Waals surface area contributed by atoms with Crippen LogP contribution in [0.25, 0.3) is 0 Å². The summed E-state index contributed by atoms with van der Waals surface area (Å²) in [4.78, 5) is 12.3. The van der Waals surface area contributed by atoms with Crippen LogP contribution in [0.5, 0.6) is 5.75 Å². The monoisotopic (exact) mass is 289 g/mol. The van der Waals surface area contributed by atoms with Gasteiger partial charge in [0.1, 0.15) is 11.8 Å². The van der Waals surface area contributed by atoms with Crippen LogP contribution in [0.3, 0.4) is 0 Å². The van der Waals surface area contributed by atoms with Gasteiger partial charge in [-0.15, -0.1) is 0 Å². The van der Waals surface area contributed by atoms with Gasteiger partial charge >= 0.3 is 0 Å². The van der Waals surface area contributed by atoms with Crippen molar-refractivity contribution in [2.45, 2.75) is 25.9 Å². The van der Waals surface area contributed by atoms with Crippen LogP contribution in [0, 0.1) is 0 Å². The highest BCUT2D eigenvalue weighted by atomic mass is 16.5. The van der Waals surface area contributed by atoms with Crippen molar-refractivity contribution >= 4 is 11.6 Å². The summed E-state index contributed by atoms with van der Waals surface area (Å²) >= 11 is 0. The molecule has 0 aliphatic carbocycles. The average Bonchev–Trinajstić information content (AvgIpc) is 3.02. The third kappa shape index (κ3) is 3.86. The van der Waals surface area contributed by atoms with Gasteiger partial charge in [-0.2, -0.15) is 0 Å². The number of methoxy groups -OCH3 is 1. The molecular weight excluding hydrogens is 268 g/mol. The Labute approximate surface area is 124 Å². The molecule has 0 fully saturated rings. The summed E-state index contributed by atoms with van der Waals surface area (Å²) in [6.07, 6.45) is 1.64. The van der Waals surface area contributed by atoms with Crippen molar-refractivity contribution in [1.82, 2.24) is 0 Å². The van der Waals surface area contributed by atoms with E-state index in [1.54, 1.807) is 13.4 Å². The molecule has 2 atom stereocenters. The van der Waals surface area contributed by atoms with Gasteiger partial charge in [-0.05, 0) is 38.1 Å². The average molecular weight is 289 g/mol. The van der Waals surface area contributed by atoms with Crippen LogP contribution in [0.15, 0.2) is 47.1 Å². The zero-order valence-electron chi connectivity index (χ0n) is 12.5. The zero-order valence-corrected chi connectivity index (χ0v) is 12.5. The normalized spacial score (nSPS) is 13.5. The molecule has 1 heterocycles. The predicted octanol–water partition coefficient (Wildman–Crippen LogP) is 1.94. The number of hydrogen-bond donors (Lipinski definition) is 2. The number of carbonyl (C=O) groups is 1. The molecule has 0 radical (unpaired) electrons. The Bertz CT molecular complexity index is 581. The molecule has 1 aromatic carbocycles. The number of para-hydroxylation sites is 2. The number of rotatable bonds is 6. The van der Waals surface area contributed by atoms with Crippen molar-refractivity contribution < 1.29 is 19.3 Å². The van der Waals surface area contributed by atoms with Crippen LogP contribution in [0.4, 0.5) is 5.69 Å². The summed E-state index contributed by atoms with van der Waals surface area (Å²) in [7, 11) is 1.58. The van der Waals surface area contributed by atoms with E-state index in [0.717, 1.165) is 5.76 Å². The first-order valence-electron chi connectivity index (χ1n) is 6.94. The van der Waals surface area contributed by atoms with Crippen LogP contribution >= 0.6 is 0 Å². The number of nitrogens with two attached hydrogens (primary N) is 1. The third-order valence-corrected chi connectivity index (χ3v) is 3.35. The molecule has 0 aliphatic rings. The van der Waals surface area contributed by atoms with Crippen LogP contribution in [0.1, 0.15) is 25.6 Å². The molecule has 0 saturated carbocycles. The SMILES string of the molecule is COc1ccccc1NC(=O)[C@@H](C)[NH2+][C@H](C)c1ccco1. The molecule has 3 N–H and O–H groups in total. The Balaban J connectivity index is 1.96. The number of benzene rings is 1. The topological polar surface area (TPSA) is 68.1 Å². The molecule has 2 rings (SSSR count). The van der Waals surface area contributed by atoms with Crippen molar-refractivity contribution in [2.75, 3.05) is 12.4 Å². The van der Waals surface area contributed by atoms with E-state index in [4.69, 9.17) is 9.15 Å². The minimum Gasteiger partial charge on any atom is -0.495 e. The maximum absolute atomic E-state index is 12.3. The quantitative estimate of drug-likeness (QED) is 0.854. The lowest BCUT2D eigenvalue weighted by molar-refractivity contribution is -0.711. The molecule has 21 heavy (non-hydrogen) atoms. The number of furan rings is 1. The molecular formula is C16H21N2O3+. The highest BCUT2D eigenvalue weighted by Gasteiger charge is 2.22. The summed E-state index contributed by atoms with van der Waals surface area (Å²) in [5, 5.41) is 4.85. The molecule has 112 valence electrons. The predicted molar refractivity (Wildman–Crippen MR) is 80.1 cm³/mol. The Morgan fingerprint density at radius 1 is 1.24 bits per heavy atom. The minimum absolute atomic E-state index is 0.0714. The first-order valence-corrected chi connectivity index (χ1v) is 6.94. The first-order chi connectivity index (χ1) is 10.1. The van der Waals surface area contributed by atoms with Gasteiger partial charge in [0.2, 0.25) is 0 Å². The van der Waals surface area contributed by atoms with Crippen LogP contribution in [0.2, 0.25) is 0 Å². The van der Waals surface area contributed by atoms with Gasteiger partial charge in [-0.3, -0.25) is 4.79 Å². The molecule has 0 spiro atoms. The number of carbonyl (C=O) groups excluding carboxylic acids is 1. The summed E-state index contributed by atoms with van der Waals surface area (Å²) in [6.45, 7) is 3.87. The second-order valence-corrected chi connectivity index (χ2v) is 4.97. The molecule has 5 heteroatoms. The Morgan fingerprint density at radius 3 is 2.67 bits per heavy atom. The fourth-order valence-corrected chi connectivity index (χ4v) is 2.16. The van der Waals surface area contributed by atoms with Crippen LogP contribution in [-0.2, 0) is 4.79 Å². The summed E-state index contributed by atoms with van der Waals surface area (Å²) in [5.41, 5.74) is 0.677. The van der Waals surface area contributed by atoms with E-state index in [1.165, 1.54) is 0 Å². The van der Waals surface area contributed by atoms with Gasteiger partial charge in [0.15, 0.2) is 11.8 Å². The van der Waals surface area contributed by atoms with Gasteiger partial charge in [-0.1, -0.05) is 12.1 Å². The van der Waals surface area contributed by atoms with Gasteiger partial charge < -0.3 is 19.8 Å². The van der Waals surface area contributed by atoms with E-state index < -0.39 is 0 Å². The van der Waals surface area contributed by atoms with E-state index >= 15 is 0 Å². The van der Waals surface area contributed by atoms with Crippen LogP contribution < -0.4 is 15.4 Å². The number of amides is 1. The van der Waals surface area contributed by atoms with Crippen molar-refractivity contribution in [3.8, 4) is 5.75 Å². The summed E-state index contributed by atoms with van der Waals surface area (Å²) in [6, 6.07) is 11.0. The maximum Gasteiger partial charge on any atom is 0.282 e. The lowest BCUT2D eigenvalue weighted by atomic mass is 10.2. The second kappa shape index (κ2) is 6.95. The lowest BCUT2D eigenvalue weighted by Gasteiger charge is -2.16.